The number of nitro groups is 1. The number of carbonyl (C=O) groups excluding carboxylic acids is 1. The molecule has 0 spiro atoms. The maximum atomic E-state index is 11.2. The third-order valence-electron chi connectivity index (χ3n) is 3.57. The minimum atomic E-state index is -0.613. The number of hydrogen-bond donors (Lipinski definition) is 2. The van der Waals surface area contributed by atoms with E-state index in [1.54, 1.807) is 7.11 Å². The topological polar surface area (TPSA) is 107 Å². The molecule has 1 saturated carbocycles. The van der Waals surface area contributed by atoms with Crippen molar-refractivity contribution in [2.45, 2.75) is 31.4 Å². The Morgan fingerprint density at radius 3 is 2.85 bits per heavy atom. The smallest absolute Gasteiger partial charge is 0.292 e. The van der Waals surface area contributed by atoms with Gasteiger partial charge in [0.2, 0.25) is 5.91 Å². The SMILES string of the molecule is COC1CCCC1Nc1cc(C(N)=O)ccc1[N+](=O)[O-]. The van der Waals surface area contributed by atoms with Crippen LogP contribution < -0.4 is 11.1 Å². The molecule has 3 N–H and O–H groups in total. The van der Waals surface area contributed by atoms with Gasteiger partial charge in [-0.05, 0) is 31.4 Å². The van der Waals surface area contributed by atoms with Gasteiger partial charge in [0.05, 0.1) is 17.1 Å². The van der Waals surface area contributed by atoms with Gasteiger partial charge < -0.3 is 15.8 Å². The normalized spacial score (nSPS) is 21.6. The van der Waals surface area contributed by atoms with Crippen molar-refractivity contribution < 1.29 is 14.5 Å². The first-order valence-electron chi connectivity index (χ1n) is 6.40. The monoisotopic (exact) mass is 279 g/mol. The molecule has 0 bridgehead atoms. The van der Waals surface area contributed by atoms with E-state index in [1.165, 1.54) is 18.2 Å². The first-order valence-corrected chi connectivity index (χ1v) is 6.40. The van der Waals surface area contributed by atoms with Gasteiger partial charge in [0.1, 0.15) is 5.69 Å². The summed E-state index contributed by atoms with van der Waals surface area (Å²) in [6, 6.07) is 4.07. The Bertz CT molecular complexity index is 532. The summed E-state index contributed by atoms with van der Waals surface area (Å²) < 4.78 is 5.35. The number of methoxy groups -OCH3 is 1. The third-order valence-corrected chi connectivity index (χ3v) is 3.57. The minimum Gasteiger partial charge on any atom is -0.379 e. The van der Waals surface area contributed by atoms with Crippen LogP contribution >= 0.6 is 0 Å². The van der Waals surface area contributed by atoms with Crippen molar-refractivity contribution in [3.63, 3.8) is 0 Å². The van der Waals surface area contributed by atoms with Crippen LogP contribution in [0, 0.1) is 10.1 Å². The number of anilines is 1. The average molecular weight is 279 g/mol. The first kappa shape index (κ1) is 14.3. The zero-order chi connectivity index (χ0) is 14.7. The minimum absolute atomic E-state index is 0.00169. The maximum Gasteiger partial charge on any atom is 0.292 e. The fourth-order valence-corrected chi connectivity index (χ4v) is 2.54. The van der Waals surface area contributed by atoms with Crippen LogP contribution in [0.2, 0.25) is 0 Å². The summed E-state index contributed by atoms with van der Waals surface area (Å²) in [5.41, 5.74) is 5.68. The van der Waals surface area contributed by atoms with Crippen molar-refractivity contribution in [2.24, 2.45) is 5.73 Å². The van der Waals surface area contributed by atoms with E-state index in [4.69, 9.17) is 10.5 Å². The quantitative estimate of drug-likeness (QED) is 0.629. The Hall–Kier alpha value is -2.15. The number of carbonyl (C=O) groups is 1. The molecule has 0 saturated heterocycles. The summed E-state index contributed by atoms with van der Waals surface area (Å²) in [5, 5.41) is 14.2. The highest BCUT2D eigenvalue weighted by atomic mass is 16.6. The molecule has 1 aliphatic carbocycles. The second-order valence-electron chi connectivity index (χ2n) is 4.81. The molecule has 20 heavy (non-hydrogen) atoms. The highest BCUT2D eigenvalue weighted by Gasteiger charge is 2.29. The van der Waals surface area contributed by atoms with Gasteiger partial charge in [-0.3, -0.25) is 14.9 Å². The number of nitro benzene ring substituents is 1. The molecule has 7 heteroatoms. The number of amides is 1. The summed E-state index contributed by atoms with van der Waals surface area (Å²) in [6.07, 6.45) is 2.81. The lowest BCUT2D eigenvalue weighted by atomic mass is 10.1. The number of nitrogens with one attached hydrogen (secondary N) is 1. The average Bonchev–Trinajstić information content (AvgIpc) is 2.85. The molecule has 108 valence electrons. The molecule has 0 aromatic heterocycles. The molecular weight excluding hydrogens is 262 g/mol. The number of rotatable bonds is 5. The molecule has 1 aromatic carbocycles. The zero-order valence-electron chi connectivity index (χ0n) is 11.2. The Kier molecular flexibility index (Phi) is 4.19. The molecule has 0 radical (unpaired) electrons. The van der Waals surface area contributed by atoms with Gasteiger partial charge in [-0.2, -0.15) is 0 Å². The summed E-state index contributed by atoms with van der Waals surface area (Å²) in [4.78, 5) is 21.8. The molecule has 0 heterocycles. The summed E-state index contributed by atoms with van der Waals surface area (Å²) in [6.45, 7) is 0. The van der Waals surface area contributed by atoms with E-state index in [-0.39, 0.29) is 23.4 Å². The molecule has 2 unspecified atom stereocenters. The Labute approximate surface area is 116 Å². The van der Waals surface area contributed by atoms with Crippen LogP contribution in [0.5, 0.6) is 0 Å². The number of nitrogens with zero attached hydrogens (tertiary/aromatic N) is 1. The number of nitrogens with two attached hydrogens (primary N) is 1. The van der Waals surface area contributed by atoms with Gasteiger partial charge in [0, 0.05) is 18.7 Å². The Balaban J connectivity index is 2.30. The maximum absolute atomic E-state index is 11.2. The van der Waals surface area contributed by atoms with Gasteiger partial charge in [-0.25, -0.2) is 0 Å². The molecule has 7 nitrogen and oxygen atoms in total. The fraction of sp³-hybridized carbons (Fsp3) is 0.462. The van der Waals surface area contributed by atoms with Crippen LogP contribution in [-0.4, -0.2) is 30.1 Å². The van der Waals surface area contributed by atoms with E-state index in [0.717, 1.165) is 19.3 Å². The van der Waals surface area contributed by atoms with Gasteiger partial charge in [-0.15, -0.1) is 0 Å². The van der Waals surface area contributed by atoms with E-state index in [2.05, 4.69) is 5.32 Å². The number of hydrogen-bond acceptors (Lipinski definition) is 5. The second kappa shape index (κ2) is 5.87. The van der Waals surface area contributed by atoms with Gasteiger partial charge in [-0.1, -0.05) is 0 Å². The fourth-order valence-electron chi connectivity index (χ4n) is 2.54. The first-order chi connectivity index (χ1) is 9.52. The van der Waals surface area contributed by atoms with E-state index >= 15 is 0 Å². The van der Waals surface area contributed by atoms with E-state index in [9.17, 15) is 14.9 Å². The second-order valence-corrected chi connectivity index (χ2v) is 4.81. The van der Waals surface area contributed by atoms with Crippen LogP contribution in [0.4, 0.5) is 11.4 Å². The largest absolute Gasteiger partial charge is 0.379 e. The third kappa shape index (κ3) is 2.88. The van der Waals surface area contributed by atoms with Crippen molar-refractivity contribution >= 4 is 17.3 Å². The van der Waals surface area contributed by atoms with E-state index in [0.29, 0.717) is 5.69 Å². The summed E-state index contributed by atoms with van der Waals surface area (Å²) in [7, 11) is 1.62. The summed E-state index contributed by atoms with van der Waals surface area (Å²) >= 11 is 0. The molecule has 1 amide bonds. The lowest BCUT2D eigenvalue weighted by Gasteiger charge is -2.20. The van der Waals surface area contributed by atoms with Crippen LogP contribution in [0.25, 0.3) is 0 Å². The van der Waals surface area contributed by atoms with E-state index in [1.807, 2.05) is 0 Å². The molecule has 2 rings (SSSR count). The number of ether oxygens (including phenoxy) is 1. The van der Waals surface area contributed by atoms with Crippen LogP contribution in [0.15, 0.2) is 18.2 Å². The zero-order valence-corrected chi connectivity index (χ0v) is 11.2. The molecule has 2 atom stereocenters. The van der Waals surface area contributed by atoms with Crippen LogP contribution in [-0.2, 0) is 4.74 Å². The lowest BCUT2D eigenvalue weighted by molar-refractivity contribution is -0.384. The molecule has 1 aromatic rings. The molecule has 0 aliphatic heterocycles. The van der Waals surface area contributed by atoms with Gasteiger partial charge in [0.15, 0.2) is 0 Å². The lowest BCUT2D eigenvalue weighted by Crippen LogP contribution is -2.30. The Morgan fingerprint density at radius 1 is 1.50 bits per heavy atom. The highest BCUT2D eigenvalue weighted by Crippen LogP contribution is 2.30. The van der Waals surface area contributed by atoms with Gasteiger partial charge >= 0.3 is 0 Å². The predicted molar refractivity (Wildman–Crippen MR) is 73.7 cm³/mol. The Morgan fingerprint density at radius 2 is 2.25 bits per heavy atom. The van der Waals surface area contributed by atoms with Crippen LogP contribution in [0.1, 0.15) is 29.6 Å². The van der Waals surface area contributed by atoms with Crippen LogP contribution in [0.3, 0.4) is 0 Å². The van der Waals surface area contributed by atoms with Gasteiger partial charge in [0.25, 0.3) is 5.69 Å². The predicted octanol–water partition coefficient (Wildman–Crippen LogP) is 1.67. The van der Waals surface area contributed by atoms with Crippen molar-refractivity contribution in [1.82, 2.24) is 0 Å². The van der Waals surface area contributed by atoms with Crippen molar-refractivity contribution in [3.8, 4) is 0 Å². The van der Waals surface area contributed by atoms with E-state index < -0.39 is 10.8 Å². The molecule has 1 fully saturated rings. The summed E-state index contributed by atoms with van der Waals surface area (Å²) in [5.74, 6) is -0.613. The molecule has 1 aliphatic rings. The van der Waals surface area contributed by atoms with Crippen molar-refractivity contribution in [1.29, 1.82) is 0 Å². The highest BCUT2D eigenvalue weighted by molar-refractivity contribution is 5.94. The number of benzene rings is 1. The standard InChI is InChI=1S/C13H17N3O4/c1-20-12-4-2-3-9(12)15-10-7-8(13(14)17)5-6-11(10)16(18)19/h5-7,9,12,15H,2-4H2,1H3,(H2,14,17). The molecular formula is C13H17N3O4. The van der Waals surface area contributed by atoms with Crippen molar-refractivity contribution in [2.75, 3.05) is 12.4 Å². The number of primary amides is 1. The van der Waals surface area contributed by atoms with Crippen molar-refractivity contribution in [3.05, 3.63) is 33.9 Å².